The molecule has 1 nitrogen and oxygen atoms in total. The van der Waals surface area contributed by atoms with Gasteiger partial charge in [0.15, 0.2) is 0 Å². The first-order valence-electron chi connectivity index (χ1n) is 1.06. The van der Waals surface area contributed by atoms with E-state index < -0.39 is 0 Å². The van der Waals surface area contributed by atoms with E-state index in [1.165, 1.54) is 0 Å². The Morgan fingerprint density at radius 1 is 1.60 bits per heavy atom. The molecular weight excluding hydrogens is 87.9 g/mol. The Labute approximate surface area is 77.7 Å². The second kappa shape index (κ2) is 17.4. The first-order valence-corrected chi connectivity index (χ1v) is 1.06. The van der Waals surface area contributed by atoms with E-state index in [2.05, 4.69) is 0 Å². The molecule has 0 heterocycles. The summed E-state index contributed by atoms with van der Waals surface area (Å²) in [4.78, 5) is 0. The second-order valence-corrected chi connectivity index (χ2v) is 0.354. The van der Waals surface area contributed by atoms with Crippen LogP contribution in [0, 0.1) is 0 Å². The van der Waals surface area contributed by atoms with Crippen molar-refractivity contribution in [3.63, 3.8) is 0 Å². The van der Waals surface area contributed by atoms with Gasteiger partial charge in [-0.2, -0.15) is 6.54 Å². The molecule has 0 aromatic heterocycles. The molecule has 0 aliphatic carbocycles. The summed E-state index contributed by atoms with van der Waals surface area (Å²) in [6.45, 7) is 2.29. The Bertz CT molecular complexity index is 9.61. The summed E-state index contributed by atoms with van der Waals surface area (Å²) in [7, 11) is 0. The van der Waals surface area contributed by atoms with Crippen LogP contribution in [-0.2, 0) is 0 Å². The average Bonchev–Trinajstić information content (AvgIpc) is 0.918. The summed E-state index contributed by atoms with van der Waals surface area (Å²) in [6, 6.07) is 0. The predicted molar refractivity (Wildman–Crippen MR) is 20.6 cm³/mol. The van der Waals surface area contributed by atoms with Crippen molar-refractivity contribution in [1.29, 1.82) is 0 Å². The topological polar surface area (TPSA) is 23.8 Å². The number of hydrogen-bond donors (Lipinski definition) is 0. The number of hydrogen-bond acceptors (Lipinski definition) is 0. The minimum atomic E-state index is 0. The normalized spacial score (nSPS) is 3.60. The van der Waals surface area contributed by atoms with Gasteiger partial charge in [-0.1, -0.05) is 6.92 Å². The average molecular weight is 94.0 g/mol. The van der Waals surface area contributed by atoms with E-state index in [9.17, 15) is 0 Å². The molecule has 0 aromatic rings. The fourth-order valence-corrected chi connectivity index (χ4v) is 0. The van der Waals surface area contributed by atoms with Gasteiger partial charge in [-0.3, -0.25) is 0 Å². The Kier molecular flexibility index (Phi) is 55.3. The van der Waals surface area contributed by atoms with E-state index in [0.29, 0.717) is 6.54 Å². The molecule has 0 aromatic carbocycles. The van der Waals surface area contributed by atoms with Crippen molar-refractivity contribution in [2.24, 2.45) is 0 Å². The molecule has 24 valence electrons. The number of nitrogens with one attached hydrogen (secondary N) is 1. The van der Waals surface area contributed by atoms with Crippen molar-refractivity contribution < 1.29 is 51.4 Å². The third-order valence-corrected chi connectivity index (χ3v) is 0. The van der Waals surface area contributed by atoms with Gasteiger partial charge in [-0.15, -0.1) is 0 Å². The first kappa shape index (κ1) is 15.9. The molecule has 0 aliphatic heterocycles. The minimum absolute atomic E-state index is 0. The van der Waals surface area contributed by atoms with Gasteiger partial charge in [0, 0.05) is 0 Å². The summed E-state index contributed by atoms with van der Waals surface area (Å²) < 4.78 is 0. The molecule has 5 heavy (non-hydrogen) atoms. The van der Waals surface area contributed by atoms with Gasteiger partial charge in [0.2, 0.25) is 0 Å². The molecule has 0 atom stereocenters. The molecule has 0 spiro atoms. The Morgan fingerprint density at radius 2 is 1.60 bits per heavy atom. The Morgan fingerprint density at radius 3 is 1.60 bits per heavy atom. The van der Waals surface area contributed by atoms with Gasteiger partial charge in [-0.25, -0.2) is 0 Å². The van der Waals surface area contributed by atoms with Crippen LogP contribution in [0.1, 0.15) is 6.92 Å². The molecule has 4 radical (unpaired) electrons. The van der Waals surface area contributed by atoms with Crippen LogP contribution in [-0.4, -0.2) is 15.0 Å². The van der Waals surface area contributed by atoms with Crippen LogP contribution < -0.4 is 51.4 Å². The van der Waals surface area contributed by atoms with Crippen LogP contribution in [0.3, 0.4) is 0 Å². The van der Waals surface area contributed by atoms with Gasteiger partial charge < -0.3 is 14.1 Å². The smallest absolute Gasteiger partial charge is 1.00 e. The maximum absolute atomic E-state index is 6.21. The number of rotatable bonds is 0. The van der Waals surface area contributed by atoms with Crippen LogP contribution in [0.5, 0.6) is 0 Å². The zero-order chi connectivity index (χ0) is 2.71. The van der Waals surface area contributed by atoms with Gasteiger partial charge in [0.25, 0.3) is 0 Å². The molecule has 0 unspecified atom stereocenters. The van der Waals surface area contributed by atoms with Gasteiger partial charge >= 0.3 is 51.4 Å². The maximum Gasteiger partial charge on any atom is 1.00 e. The molecule has 0 saturated carbocycles. The fourth-order valence-electron chi connectivity index (χ4n) is 0. The largest absolute Gasteiger partial charge is 1.00 e. The van der Waals surface area contributed by atoms with Crippen molar-refractivity contribution in [2.75, 3.05) is 6.54 Å². The van der Waals surface area contributed by atoms with E-state index in [1.807, 2.05) is 0 Å². The zero-order valence-electron chi connectivity index (χ0n) is 3.78. The fraction of sp³-hybridized carbons (Fsp3) is 1.00. The standard InChI is InChI=1S/C2H6N.B.K/c1-2-3;;/h3H,2H2,1H3;;/q2*-1;+1. The van der Waals surface area contributed by atoms with Crippen molar-refractivity contribution in [1.82, 2.24) is 0 Å². The summed E-state index contributed by atoms with van der Waals surface area (Å²) in [5.74, 6) is 0. The predicted octanol–water partition coefficient (Wildman–Crippen LogP) is -2.32. The van der Waals surface area contributed by atoms with E-state index in [0.717, 1.165) is 0 Å². The zero-order valence-corrected chi connectivity index (χ0v) is 6.91. The Hall–Kier alpha value is 1.66. The molecule has 0 saturated heterocycles. The van der Waals surface area contributed by atoms with E-state index >= 15 is 0 Å². The van der Waals surface area contributed by atoms with E-state index in [4.69, 9.17) is 5.73 Å². The minimum Gasteiger partial charge on any atom is -1.00 e. The molecular formula is C2H6BKN-. The monoisotopic (exact) mass is 94.0 g/mol. The van der Waals surface area contributed by atoms with Crippen molar-refractivity contribution in [2.45, 2.75) is 6.92 Å². The molecule has 0 fully saturated rings. The summed E-state index contributed by atoms with van der Waals surface area (Å²) in [5.41, 5.74) is 6.21. The van der Waals surface area contributed by atoms with Crippen molar-refractivity contribution in [3.05, 3.63) is 5.73 Å². The van der Waals surface area contributed by atoms with Crippen molar-refractivity contribution in [3.8, 4) is 0 Å². The molecule has 0 aliphatic rings. The maximum atomic E-state index is 6.21. The third-order valence-electron chi connectivity index (χ3n) is 0. The molecule has 1 N–H and O–H groups in total. The van der Waals surface area contributed by atoms with Crippen molar-refractivity contribution >= 4 is 8.41 Å². The van der Waals surface area contributed by atoms with Gasteiger partial charge in [-0.05, 0) is 0 Å². The van der Waals surface area contributed by atoms with Crippen LogP contribution >= 0.6 is 0 Å². The van der Waals surface area contributed by atoms with E-state index in [-0.39, 0.29) is 59.8 Å². The molecule has 0 bridgehead atoms. The SMILES string of the molecule is CC[NH-].[B-].[K+]. The van der Waals surface area contributed by atoms with Crippen LogP contribution in [0.2, 0.25) is 0 Å². The second-order valence-electron chi connectivity index (χ2n) is 0.354. The summed E-state index contributed by atoms with van der Waals surface area (Å²) in [5, 5.41) is 0. The van der Waals surface area contributed by atoms with E-state index in [1.54, 1.807) is 6.92 Å². The van der Waals surface area contributed by atoms with Crippen LogP contribution in [0.15, 0.2) is 0 Å². The van der Waals surface area contributed by atoms with Gasteiger partial charge in [0.1, 0.15) is 0 Å². The Balaban J connectivity index is -0.0000000200. The molecule has 0 rings (SSSR count). The van der Waals surface area contributed by atoms with Crippen LogP contribution in [0.4, 0.5) is 0 Å². The summed E-state index contributed by atoms with van der Waals surface area (Å²) >= 11 is 0. The first-order chi connectivity index (χ1) is 1.41. The molecule has 0 amide bonds. The van der Waals surface area contributed by atoms with Gasteiger partial charge in [0.05, 0.1) is 0 Å². The summed E-state index contributed by atoms with van der Waals surface area (Å²) in [6.07, 6.45) is 0. The van der Waals surface area contributed by atoms with Crippen LogP contribution in [0.25, 0.3) is 5.73 Å². The third kappa shape index (κ3) is 27.5. The quantitative estimate of drug-likeness (QED) is 0.301. The molecule has 3 heteroatoms.